The molecule has 2 aromatic rings. The molecule has 88 valence electrons. The standard InChI is InChI=1S/C11H10N2O3S/c12-9-2-1-8(5-13-9)17-6-7-3-4-16-10(7)11(14)15/h1-5H,6H2,(H2,12,13)(H,14,15). The maximum absolute atomic E-state index is 10.8. The van der Waals surface area contributed by atoms with Crippen LogP contribution in [0.5, 0.6) is 0 Å². The highest BCUT2D eigenvalue weighted by atomic mass is 32.2. The molecule has 0 fully saturated rings. The van der Waals surface area contributed by atoms with Gasteiger partial charge < -0.3 is 15.3 Å². The predicted octanol–water partition coefficient (Wildman–Crippen LogP) is 2.25. The fourth-order valence-electron chi connectivity index (χ4n) is 1.28. The van der Waals surface area contributed by atoms with E-state index >= 15 is 0 Å². The van der Waals surface area contributed by atoms with E-state index in [9.17, 15) is 4.79 Å². The molecule has 2 rings (SSSR count). The third-order valence-corrected chi connectivity index (χ3v) is 3.12. The van der Waals surface area contributed by atoms with Gasteiger partial charge in [-0.15, -0.1) is 11.8 Å². The van der Waals surface area contributed by atoms with Crippen LogP contribution in [0.1, 0.15) is 16.1 Å². The highest BCUT2D eigenvalue weighted by Gasteiger charge is 2.13. The molecule has 0 aliphatic rings. The maximum atomic E-state index is 10.8. The van der Waals surface area contributed by atoms with Crippen molar-refractivity contribution in [3.05, 3.63) is 42.0 Å². The van der Waals surface area contributed by atoms with E-state index < -0.39 is 5.97 Å². The summed E-state index contributed by atoms with van der Waals surface area (Å²) in [7, 11) is 0. The number of nitrogen functional groups attached to an aromatic ring is 1. The van der Waals surface area contributed by atoms with Gasteiger partial charge in [0.15, 0.2) is 0 Å². The lowest BCUT2D eigenvalue weighted by atomic mass is 10.3. The van der Waals surface area contributed by atoms with Gasteiger partial charge in [-0.05, 0) is 18.2 Å². The third-order valence-electron chi connectivity index (χ3n) is 2.09. The highest BCUT2D eigenvalue weighted by molar-refractivity contribution is 7.98. The molecule has 0 bridgehead atoms. The number of carbonyl (C=O) groups is 1. The number of rotatable bonds is 4. The molecule has 0 saturated heterocycles. The number of hydrogen-bond acceptors (Lipinski definition) is 5. The number of carboxylic acid groups (broad SMARTS) is 1. The van der Waals surface area contributed by atoms with E-state index in [1.54, 1.807) is 18.3 Å². The van der Waals surface area contributed by atoms with Crippen molar-refractivity contribution >= 4 is 23.5 Å². The lowest BCUT2D eigenvalue weighted by Crippen LogP contribution is -1.97. The Morgan fingerprint density at radius 2 is 2.29 bits per heavy atom. The molecule has 0 unspecified atom stereocenters. The van der Waals surface area contributed by atoms with Crippen molar-refractivity contribution in [2.75, 3.05) is 5.73 Å². The second-order valence-corrected chi connectivity index (χ2v) is 4.34. The number of pyridine rings is 1. The minimum absolute atomic E-state index is 0.0131. The Bertz CT molecular complexity index is 522. The first-order chi connectivity index (χ1) is 8.16. The molecule has 0 aliphatic heterocycles. The van der Waals surface area contributed by atoms with Gasteiger partial charge in [0.2, 0.25) is 5.76 Å². The predicted molar refractivity (Wildman–Crippen MR) is 63.9 cm³/mol. The summed E-state index contributed by atoms with van der Waals surface area (Å²) in [5.41, 5.74) is 6.12. The van der Waals surface area contributed by atoms with Crippen molar-refractivity contribution in [2.45, 2.75) is 10.6 Å². The fraction of sp³-hybridized carbons (Fsp3) is 0.0909. The second kappa shape index (κ2) is 4.92. The average Bonchev–Trinajstić information content (AvgIpc) is 2.76. The SMILES string of the molecule is Nc1ccc(SCc2ccoc2C(=O)O)cn1. The first kappa shape index (κ1) is 11.5. The number of nitrogens with two attached hydrogens (primary N) is 1. The Labute approximate surface area is 102 Å². The van der Waals surface area contributed by atoms with Crippen molar-refractivity contribution < 1.29 is 14.3 Å². The highest BCUT2D eigenvalue weighted by Crippen LogP contribution is 2.24. The van der Waals surface area contributed by atoms with Crippen molar-refractivity contribution in [3.63, 3.8) is 0 Å². The lowest BCUT2D eigenvalue weighted by Gasteiger charge is -2.00. The van der Waals surface area contributed by atoms with Crippen LogP contribution in [0.4, 0.5) is 5.82 Å². The lowest BCUT2D eigenvalue weighted by molar-refractivity contribution is 0.0661. The molecule has 2 aromatic heterocycles. The summed E-state index contributed by atoms with van der Waals surface area (Å²) >= 11 is 1.48. The van der Waals surface area contributed by atoms with Gasteiger partial charge in [0.05, 0.1) is 6.26 Å². The zero-order valence-corrected chi connectivity index (χ0v) is 9.61. The van der Waals surface area contributed by atoms with E-state index in [4.69, 9.17) is 15.3 Å². The van der Waals surface area contributed by atoms with E-state index in [1.807, 2.05) is 6.07 Å². The van der Waals surface area contributed by atoms with E-state index in [1.165, 1.54) is 18.0 Å². The van der Waals surface area contributed by atoms with Crippen LogP contribution in [0.15, 0.2) is 40.0 Å². The minimum atomic E-state index is -1.05. The van der Waals surface area contributed by atoms with Gasteiger partial charge in [-0.25, -0.2) is 9.78 Å². The monoisotopic (exact) mass is 250 g/mol. The summed E-state index contributed by atoms with van der Waals surface area (Å²) < 4.78 is 4.89. The van der Waals surface area contributed by atoms with E-state index in [0.29, 0.717) is 17.1 Å². The summed E-state index contributed by atoms with van der Waals surface area (Å²) in [6.07, 6.45) is 3.03. The number of nitrogens with zero attached hydrogens (tertiary/aromatic N) is 1. The van der Waals surface area contributed by atoms with Crippen LogP contribution in [-0.4, -0.2) is 16.1 Å². The minimum Gasteiger partial charge on any atom is -0.475 e. The first-order valence-corrected chi connectivity index (χ1v) is 5.79. The van der Waals surface area contributed by atoms with Crippen LogP contribution in [0.3, 0.4) is 0 Å². The maximum Gasteiger partial charge on any atom is 0.372 e. The van der Waals surface area contributed by atoms with Crippen LogP contribution in [0.25, 0.3) is 0 Å². The van der Waals surface area contributed by atoms with Crippen molar-refractivity contribution in [1.82, 2.24) is 4.98 Å². The average molecular weight is 250 g/mol. The van der Waals surface area contributed by atoms with Gasteiger partial charge in [0.25, 0.3) is 0 Å². The molecular weight excluding hydrogens is 240 g/mol. The zero-order valence-electron chi connectivity index (χ0n) is 8.79. The number of hydrogen-bond donors (Lipinski definition) is 2. The van der Waals surface area contributed by atoms with Crippen molar-refractivity contribution in [3.8, 4) is 0 Å². The Morgan fingerprint density at radius 3 is 2.94 bits per heavy atom. The van der Waals surface area contributed by atoms with Crippen LogP contribution in [0.2, 0.25) is 0 Å². The van der Waals surface area contributed by atoms with Crippen LogP contribution in [-0.2, 0) is 5.75 Å². The van der Waals surface area contributed by atoms with Gasteiger partial charge in [0, 0.05) is 22.4 Å². The van der Waals surface area contributed by atoms with Crippen molar-refractivity contribution in [1.29, 1.82) is 0 Å². The Kier molecular flexibility index (Phi) is 3.34. The molecule has 5 nitrogen and oxygen atoms in total. The van der Waals surface area contributed by atoms with Gasteiger partial charge in [-0.1, -0.05) is 0 Å². The molecule has 0 amide bonds. The molecule has 0 aliphatic carbocycles. The number of aromatic carboxylic acids is 1. The molecule has 0 radical (unpaired) electrons. The summed E-state index contributed by atoms with van der Waals surface area (Å²) in [6.45, 7) is 0. The number of carboxylic acids is 1. The largest absolute Gasteiger partial charge is 0.475 e. The summed E-state index contributed by atoms with van der Waals surface area (Å²) in [5.74, 6) is -0.0881. The molecule has 6 heteroatoms. The zero-order chi connectivity index (χ0) is 12.3. The van der Waals surface area contributed by atoms with Gasteiger partial charge in [-0.2, -0.15) is 0 Å². The van der Waals surface area contributed by atoms with E-state index in [0.717, 1.165) is 4.90 Å². The fourth-order valence-corrected chi connectivity index (χ4v) is 2.12. The van der Waals surface area contributed by atoms with Crippen LogP contribution in [0, 0.1) is 0 Å². The molecule has 3 N–H and O–H groups in total. The summed E-state index contributed by atoms with van der Waals surface area (Å²) in [5, 5.41) is 8.86. The topological polar surface area (TPSA) is 89.3 Å². The molecule has 0 spiro atoms. The number of aromatic nitrogens is 1. The summed E-state index contributed by atoms with van der Waals surface area (Å²) in [4.78, 5) is 15.7. The normalized spacial score (nSPS) is 10.4. The number of anilines is 1. The summed E-state index contributed by atoms with van der Waals surface area (Å²) in [6, 6.07) is 5.20. The Balaban J connectivity index is 2.05. The molecule has 0 aromatic carbocycles. The quantitative estimate of drug-likeness (QED) is 0.809. The van der Waals surface area contributed by atoms with Gasteiger partial charge in [0.1, 0.15) is 5.82 Å². The molecule has 0 saturated carbocycles. The van der Waals surface area contributed by atoms with Crippen molar-refractivity contribution in [2.24, 2.45) is 0 Å². The smallest absolute Gasteiger partial charge is 0.372 e. The number of thioether (sulfide) groups is 1. The Morgan fingerprint density at radius 1 is 1.47 bits per heavy atom. The number of furan rings is 1. The Hall–Kier alpha value is -1.95. The van der Waals surface area contributed by atoms with E-state index in [-0.39, 0.29) is 5.76 Å². The molecule has 0 atom stereocenters. The van der Waals surface area contributed by atoms with Gasteiger partial charge >= 0.3 is 5.97 Å². The molecular formula is C11H10N2O3S. The van der Waals surface area contributed by atoms with Gasteiger partial charge in [-0.3, -0.25) is 0 Å². The molecule has 17 heavy (non-hydrogen) atoms. The first-order valence-electron chi connectivity index (χ1n) is 4.81. The third kappa shape index (κ3) is 2.79. The molecule has 2 heterocycles. The van der Waals surface area contributed by atoms with E-state index in [2.05, 4.69) is 4.98 Å². The van der Waals surface area contributed by atoms with Crippen LogP contribution >= 0.6 is 11.8 Å². The van der Waals surface area contributed by atoms with Crippen LogP contribution < -0.4 is 5.73 Å². The second-order valence-electron chi connectivity index (χ2n) is 3.29.